The zero-order valence-corrected chi connectivity index (χ0v) is 19.5. The maximum atomic E-state index is 9.26. The number of nitrogens with zero attached hydrogens (tertiary/aromatic N) is 1. The molecule has 3 rings (SSSR count). The van der Waals surface area contributed by atoms with Crippen molar-refractivity contribution in [1.82, 2.24) is 0 Å². The summed E-state index contributed by atoms with van der Waals surface area (Å²) >= 11 is 0. The first-order valence-corrected chi connectivity index (χ1v) is 12.5. The van der Waals surface area contributed by atoms with Gasteiger partial charge in [-0.15, -0.1) is 0 Å². The Morgan fingerprint density at radius 1 is 0.800 bits per heavy atom. The highest BCUT2D eigenvalue weighted by Gasteiger charge is 2.50. The van der Waals surface area contributed by atoms with E-state index < -0.39 is 8.32 Å². The first-order chi connectivity index (χ1) is 14.4. The summed E-state index contributed by atoms with van der Waals surface area (Å²) in [5.74, 6) is 0. The third-order valence-electron chi connectivity index (χ3n) is 5.72. The number of aliphatic hydroxyl groups is 1. The number of anilines is 1. The van der Waals surface area contributed by atoms with Gasteiger partial charge in [-0.2, -0.15) is 0 Å². The minimum absolute atomic E-state index is 0.0168. The quantitative estimate of drug-likeness (QED) is 0.556. The van der Waals surface area contributed by atoms with Crippen LogP contribution in [0.15, 0.2) is 84.9 Å². The summed E-state index contributed by atoms with van der Waals surface area (Å²) in [4.78, 5) is 2.21. The molecule has 3 aromatic rings. The van der Waals surface area contributed by atoms with E-state index in [0.717, 1.165) is 17.8 Å². The molecule has 0 atom stereocenters. The molecule has 3 nitrogen and oxygen atoms in total. The molecule has 0 aromatic heterocycles. The van der Waals surface area contributed by atoms with Gasteiger partial charge < -0.3 is 14.4 Å². The summed E-state index contributed by atoms with van der Waals surface area (Å²) in [6, 6.07) is 29.5. The van der Waals surface area contributed by atoms with Gasteiger partial charge in [-0.05, 0) is 33.1 Å². The van der Waals surface area contributed by atoms with Crippen LogP contribution < -0.4 is 15.3 Å². The molecular weight excluding hydrogens is 386 g/mol. The van der Waals surface area contributed by atoms with Crippen molar-refractivity contribution in [2.75, 3.05) is 25.1 Å². The highest BCUT2D eigenvalue weighted by atomic mass is 28.4. The first-order valence-electron chi connectivity index (χ1n) is 10.5. The van der Waals surface area contributed by atoms with E-state index in [9.17, 15) is 5.11 Å². The molecule has 3 aromatic carbocycles. The van der Waals surface area contributed by atoms with Crippen molar-refractivity contribution in [1.29, 1.82) is 0 Å². The van der Waals surface area contributed by atoms with Crippen LogP contribution in [-0.4, -0.2) is 33.6 Å². The lowest BCUT2D eigenvalue weighted by atomic mass is 10.2. The molecule has 1 N–H and O–H groups in total. The van der Waals surface area contributed by atoms with Crippen LogP contribution in [-0.2, 0) is 11.0 Å². The van der Waals surface area contributed by atoms with Crippen molar-refractivity contribution < 1.29 is 9.53 Å². The van der Waals surface area contributed by atoms with Crippen LogP contribution in [0.2, 0.25) is 5.04 Å². The highest BCUT2D eigenvalue weighted by molar-refractivity contribution is 6.99. The van der Waals surface area contributed by atoms with Crippen molar-refractivity contribution in [3.05, 3.63) is 90.5 Å². The number of likely N-dealkylation sites (N-methyl/N-ethyl adjacent to an activating group) is 1. The molecule has 0 saturated carbocycles. The minimum atomic E-state index is -2.49. The number of hydrogen-bond donors (Lipinski definition) is 1. The van der Waals surface area contributed by atoms with E-state index in [0.29, 0.717) is 6.61 Å². The van der Waals surface area contributed by atoms with E-state index in [1.54, 1.807) is 0 Å². The summed E-state index contributed by atoms with van der Waals surface area (Å²) in [6.45, 7) is 8.42. The van der Waals surface area contributed by atoms with Crippen LogP contribution in [0.3, 0.4) is 0 Å². The summed E-state index contributed by atoms with van der Waals surface area (Å²) in [5, 5.41) is 11.9. The summed E-state index contributed by atoms with van der Waals surface area (Å²) in [5.41, 5.74) is 2.05. The topological polar surface area (TPSA) is 32.7 Å². The fourth-order valence-electron chi connectivity index (χ4n) is 4.08. The Hall–Kier alpha value is -2.40. The Bertz CT molecular complexity index is 866. The van der Waals surface area contributed by atoms with Crippen molar-refractivity contribution in [3.63, 3.8) is 0 Å². The lowest BCUT2D eigenvalue weighted by Crippen LogP contribution is -2.67. The number of hydrogen-bond acceptors (Lipinski definition) is 3. The molecule has 0 bridgehead atoms. The molecule has 158 valence electrons. The highest BCUT2D eigenvalue weighted by Crippen LogP contribution is 2.36. The second-order valence-electron chi connectivity index (χ2n) is 8.76. The third kappa shape index (κ3) is 4.67. The number of rotatable bonds is 8. The van der Waals surface area contributed by atoms with E-state index >= 15 is 0 Å². The van der Waals surface area contributed by atoms with Gasteiger partial charge in [-0.3, -0.25) is 0 Å². The zero-order chi connectivity index (χ0) is 21.6. The minimum Gasteiger partial charge on any atom is -0.406 e. The second-order valence-corrected chi connectivity index (χ2v) is 13.1. The van der Waals surface area contributed by atoms with E-state index in [1.165, 1.54) is 10.4 Å². The lowest BCUT2D eigenvalue weighted by Gasteiger charge is -2.43. The molecule has 0 fully saturated rings. The average Bonchev–Trinajstić information content (AvgIpc) is 2.77. The fraction of sp³-hybridized carbons (Fsp3) is 0.308. The molecule has 0 saturated heterocycles. The van der Waals surface area contributed by atoms with Gasteiger partial charge in [0.15, 0.2) is 0 Å². The van der Waals surface area contributed by atoms with Gasteiger partial charge >= 0.3 is 0 Å². The van der Waals surface area contributed by atoms with Crippen molar-refractivity contribution >= 4 is 24.4 Å². The molecule has 0 spiro atoms. The van der Waals surface area contributed by atoms with E-state index in [1.807, 2.05) is 24.3 Å². The van der Waals surface area contributed by atoms with E-state index in [-0.39, 0.29) is 11.6 Å². The van der Waals surface area contributed by atoms with Crippen LogP contribution in [0.25, 0.3) is 0 Å². The predicted molar refractivity (Wildman–Crippen MR) is 129 cm³/mol. The SMILES string of the molecule is CN(CCO[Si](c1ccccc1)(c1ccccc1)C(C)(C)C)c1ccc(CO)cc1. The van der Waals surface area contributed by atoms with Crippen LogP contribution in [0.5, 0.6) is 0 Å². The number of aliphatic hydroxyl groups excluding tert-OH is 1. The van der Waals surface area contributed by atoms with Gasteiger partial charge in [0.2, 0.25) is 0 Å². The molecular formula is C26H33NO2Si. The maximum absolute atomic E-state index is 9.26. The van der Waals surface area contributed by atoms with Crippen molar-refractivity contribution in [2.24, 2.45) is 0 Å². The summed E-state index contributed by atoms with van der Waals surface area (Å²) in [7, 11) is -0.406. The monoisotopic (exact) mass is 419 g/mol. The Morgan fingerprint density at radius 2 is 1.30 bits per heavy atom. The molecule has 4 heteroatoms. The van der Waals surface area contributed by atoms with Crippen LogP contribution in [0.4, 0.5) is 5.69 Å². The molecule has 30 heavy (non-hydrogen) atoms. The van der Waals surface area contributed by atoms with Gasteiger partial charge in [0.1, 0.15) is 0 Å². The van der Waals surface area contributed by atoms with Gasteiger partial charge in [-0.1, -0.05) is 93.6 Å². The van der Waals surface area contributed by atoms with Gasteiger partial charge in [0, 0.05) is 19.3 Å². The Labute approximate surface area is 182 Å². The largest absolute Gasteiger partial charge is 0.406 e. The maximum Gasteiger partial charge on any atom is 0.261 e. The molecule has 0 aliphatic heterocycles. The molecule has 0 heterocycles. The molecule has 0 radical (unpaired) electrons. The zero-order valence-electron chi connectivity index (χ0n) is 18.5. The molecule has 0 unspecified atom stereocenters. The number of benzene rings is 3. The normalized spacial score (nSPS) is 12.0. The van der Waals surface area contributed by atoms with E-state index in [2.05, 4.69) is 93.4 Å². The smallest absolute Gasteiger partial charge is 0.261 e. The van der Waals surface area contributed by atoms with Crippen LogP contribution >= 0.6 is 0 Å². The second kappa shape index (κ2) is 9.60. The van der Waals surface area contributed by atoms with Gasteiger partial charge in [0.05, 0.1) is 13.2 Å². The van der Waals surface area contributed by atoms with Gasteiger partial charge in [0.25, 0.3) is 8.32 Å². The molecule has 0 amide bonds. The fourth-order valence-corrected chi connectivity index (χ4v) is 8.64. The summed E-state index contributed by atoms with van der Waals surface area (Å²) < 4.78 is 6.96. The Morgan fingerprint density at radius 3 is 1.73 bits per heavy atom. The van der Waals surface area contributed by atoms with Crippen LogP contribution in [0.1, 0.15) is 26.3 Å². The Kier molecular flexibility index (Phi) is 7.13. The van der Waals surface area contributed by atoms with Crippen LogP contribution in [0, 0.1) is 0 Å². The molecule has 0 aliphatic rings. The first kappa shape index (κ1) is 22.3. The van der Waals surface area contributed by atoms with Crippen molar-refractivity contribution in [2.45, 2.75) is 32.4 Å². The Balaban J connectivity index is 1.87. The van der Waals surface area contributed by atoms with Gasteiger partial charge in [-0.25, -0.2) is 0 Å². The predicted octanol–water partition coefficient (Wildman–Crippen LogP) is 4.19. The lowest BCUT2D eigenvalue weighted by molar-refractivity contribution is 0.282. The average molecular weight is 420 g/mol. The van der Waals surface area contributed by atoms with Crippen molar-refractivity contribution in [3.8, 4) is 0 Å². The molecule has 0 aliphatic carbocycles. The summed E-state index contributed by atoms with van der Waals surface area (Å²) in [6.07, 6.45) is 0. The standard InChI is InChI=1S/C26H33NO2Si/c1-26(2,3)30(24-11-7-5-8-12-24,25-13-9-6-10-14-25)29-20-19-27(4)23-17-15-22(21-28)16-18-23/h5-18,28H,19-21H2,1-4H3. The third-order valence-corrected chi connectivity index (χ3v) is 10.8. The van der Waals surface area contributed by atoms with E-state index in [4.69, 9.17) is 4.43 Å².